The normalized spacial score (nSPS) is 13.0. The molecule has 0 radical (unpaired) electrons. The zero-order valence-electron chi connectivity index (χ0n) is 13.9. The number of aromatic nitrogens is 3. The highest BCUT2D eigenvalue weighted by molar-refractivity contribution is 5.69. The smallest absolute Gasteiger partial charge is 0.416 e. The van der Waals surface area contributed by atoms with E-state index in [-0.39, 0.29) is 28.5 Å². The van der Waals surface area contributed by atoms with Gasteiger partial charge in [-0.25, -0.2) is 13.9 Å². The maximum atomic E-state index is 13.7. The molecule has 0 aliphatic heterocycles. The molecule has 0 saturated carbocycles. The lowest BCUT2D eigenvalue weighted by molar-refractivity contribution is -0.138. The van der Waals surface area contributed by atoms with Crippen LogP contribution in [0.3, 0.4) is 0 Å². The molecule has 0 saturated heterocycles. The number of carboxylic acids is 1. The van der Waals surface area contributed by atoms with Crippen LogP contribution in [0.2, 0.25) is 0 Å². The highest BCUT2D eigenvalue weighted by Crippen LogP contribution is 2.32. The van der Waals surface area contributed by atoms with Crippen LogP contribution in [0.25, 0.3) is 22.7 Å². The van der Waals surface area contributed by atoms with Gasteiger partial charge in [-0.3, -0.25) is 9.59 Å². The number of rotatable bonds is 4. The van der Waals surface area contributed by atoms with E-state index in [1.165, 1.54) is 0 Å². The van der Waals surface area contributed by atoms with Crippen LogP contribution in [0.5, 0.6) is 0 Å². The highest BCUT2D eigenvalue weighted by atomic mass is 19.4. The Kier molecular flexibility index (Phi) is 4.75. The highest BCUT2D eigenvalue weighted by Gasteiger charge is 2.31. The third-order valence-corrected chi connectivity index (χ3v) is 3.90. The largest absolute Gasteiger partial charge is 0.511 e. The molecular formula is C17H11F4N3O4. The molecule has 0 fully saturated rings. The molecule has 0 unspecified atom stereocenters. The monoisotopic (exact) mass is 397 g/mol. The predicted octanol–water partition coefficient (Wildman–Crippen LogP) is 2.16. The van der Waals surface area contributed by atoms with Gasteiger partial charge in [-0.15, -0.1) is 0 Å². The van der Waals surface area contributed by atoms with E-state index < -0.39 is 41.1 Å². The number of carboxylic acid groups (broad SMARTS) is 1. The predicted molar refractivity (Wildman–Crippen MR) is 87.8 cm³/mol. The molecule has 3 rings (SSSR count). The lowest BCUT2D eigenvalue weighted by Gasteiger charge is -2.10. The fourth-order valence-corrected chi connectivity index (χ4v) is 2.68. The number of hydrogen-bond acceptors (Lipinski definition) is 5. The number of benzene rings is 1. The van der Waals surface area contributed by atoms with E-state index in [9.17, 15) is 32.3 Å². The van der Waals surface area contributed by atoms with Crippen molar-refractivity contribution in [2.75, 3.05) is 0 Å². The first kappa shape index (κ1) is 19.3. The van der Waals surface area contributed by atoms with Gasteiger partial charge < -0.3 is 10.2 Å². The third-order valence-electron chi connectivity index (χ3n) is 3.90. The second-order valence-electron chi connectivity index (χ2n) is 5.83. The number of carbonyl (C=O) groups is 1. The summed E-state index contributed by atoms with van der Waals surface area (Å²) in [5, 5.41) is 22.3. The zero-order valence-corrected chi connectivity index (χ0v) is 13.9. The molecule has 2 aromatic heterocycles. The van der Waals surface area contributed by atoms with Crippen LogP contribution in [0.15, 0.2) is 35.4 Å². The van der Waals surface area contributed by atoms with E-state index in [2.05, 4.69) is 10.1 Å². The van der Waals surface area contributed by atoms with Gasteiger partial charge >= 0.3 is 12.1 Å². The van der Waals surface area contributed by atoms with Crippen LogP contribution in [0, 0.1) is 5.82 Å². The van der Waals surface area contributed by atoms with Crippen molar-refractivity contribution in [3.8, 4) is 11.3 Å². The summed E-state index contributed by atoms with van der Waals surface area (Å²) < 4.78 is 53.6. The van der Waals surface area contributed by atoms with Gasteiger partial charge in [-0.1, -0.05) is 0 Å². The maximum absolute atomic E-state index is 13.7. The third kappa shape index (κ3) is 3.63. The van der Waals surface area contributed by atoms with Crippen LogP contribution >= 0.6 is 0 Å². The Labute approximate surface area is 153 Å². The van der Waals surface area contributed by atoms with Gasteiger partial charge in [0, 0.05) is 18.1 Å². The van der Waals surface area contributed by atoms with Crippen LogP contribution in [-0.2, 0) is 11.0 Å². The van der Waals surface area contributed by atoms with Crippen molar-refractivity contribution >= 4 is 17.4 Å². The molecule has 2 N–H and O–H groups in total. The average molecular weight is 397 g/mol. The minimum atomic E-state index is -4.80. The Balaban J connectivity index is 2.27. The molecule has 0 bridgehead atoms. The zero-order chi connectivity index (χ0) is 20.6. The molecule has 3 aromatic rings. The van der Waals surface area contributed by atoms with Gasteiger partial charge in [-0.05, 0) is 18.2 Å². The molecule has 28 heavy (non-hydrogen) atoms. The molecule has 0 aliphatic rings. The van der Waals surface area contributed by atoms with Gasteiger partial charge in [0.1, 0.15) is 23.1 Å². The van der Waals surface area contributed by atoms with E-state index in [4.69, 9.17) is 5.11 Å². The average Bonchev–Trinajstić information content (AvgIpc) is 3.06. The van der Waals surface area contributed by atoms with Crippen LogP contribution in [0.1, 0.15) is 18.4 Å². The number of aliphatic hydroxyl groups is 1. The first-order valence-electron chi connectivity index (χ1n) is 7.77. The summed E-state index contributed by atoms with van der Waals surface area (Å²) in [5.74, 6) is -2.91. The van der Waals surface area contributed by atoms with E-state index in [0.717, 1.165) is 23.0 Å². The number of aliphatic hydroxyl groups excluding tert-OH is 1. The minimum absolute atomic E-state index is 0.169. The van der Waals surface area contributed by atoms with Crippen molar-refractivity contribution in [3.05, 3.63) is 57.4 Å². The lowest BCUT2D eigenvalue weighted by atomic mass is 10.1. The fourth-order valence-electron chi connectivity index (χ4n) is 2.68. The van der Waals surface area contributed by atoms with E-state index in [1.807, 2.05) is 0 Å². The number of hydrogen-bond donors (Lipinski definition) is 2. The topological polar surface area (TPSA) is 105 Å². The van der Waals surface area contributed by atoms with E-state index in [0.29, 0.717) is 12.1 Å². The number of halogens is 4. The van der Waals surface area contributed by atoms with Gasteiger partial charge in [-0.2, -0.15) is 18.3 Å². The van der Waals surface area contributed by atoms with Crippen molar-refractivity contribution in [2.45, 2.75) is 19.0 Å². The summed E-state index contributed by atoms with van der Waals surface area (Å²) in [5.41, 5.74) is -2.70. The Morgan fingerprint density at radius 1 is 1.11 bits per heavy atom. The summed E-state index contributed by atoms with van der Waals surface area (Å²) in [4.78, 5) is 26.9. The standard InChI is InChI=1S/C17H11F4N3O4/c18-10-4-8(3-9(5-10)17(19,20)21)11-6-13(26)15(12(25)1-2-14(27)28)16-22-7-23-24(11)16/h3-7,25H,1-2H2,(H,27,28)/b15-12-. The molecule has 1 aromatic carbocycles. The molecule has 0 amide bonds. The van der Waals surface area contributed by atoms with Crippen molar-refractivity contribution in [1.29, 1.82) is 0 Å². The Bertz CT molecular complexity index is 1190. The van der Waals surface area contributed by atoms with Gasteiger partial charge in [0.05, 0.1) is 17.7 Å². The maximum Gasteiger partial charge on any atom is 0.416 e. The fraction of sp³-hybridized carbons (Fsp3) is 0.176. The quantitative estimate of drug-likeness (QED) is 0.654. The molecule has 11 heteroatoms. The van der Waals surface area contributed by atoms with Crippen molar-refractivity contribution in [1.82, 2.24) is 14.6 Å². The number of nitrogens with zero attached hydrogens (tertiary/aromatic N) is 3. The van der Waals surface area contributed by atoms with Crippen LogP contribution in [-0.4, -0.2) is 30.8 Å². The van der Waals surface area contributed by atoms with Crippen LogP contribution in [0.4, 0.5) is 17.6 Å². The van der Waals surface area contributed by atoms with Gasteiger partial charge in [0.25, 0.3) is 0 Å². The molecule has 146 valence electrons. The van der Waals surface area contributed by atoms with Gasteiger partial charge in [0.2, 0.25) is 0 Å². The SMILES string of the molecule is O=C(O)CC/C(O)=c1\c(=O)cc(-c2cc(F)cc(C(F)(F)F)c2)n2ncnc12. The Morgan fingerprint density at radius 2 is 1.82 bits per heavy atom. The molecule has 2 heterocycles. The molecular weight excluding hydrogens is 386 g/mol. The number of fused-ring (bicyclic) bond motifs is 1. The molecule has 0 aliphatic carbocycles. The molecule has 7 nitrogen and oxygen atoms in total. The minimum Gasteiger partial charge on any atom is -0.511 e. The molecule has 0 atom stereocenters. The number of alkyl halides is 3. The molecule has 0 spiro atoms. The van der Waals surface area contributed by atoms with E-state index >= 15 is 0 Å². The van der Waals surface area contributed by atoms with Crippen molar-refractivity contribution in [2.24, 2.45) is 0 Å². The number of pyridine rings is 1. The summed E-state index contributed by atoms with van der Waals surface area (Å²) in [6.45, 7) is 0. The summed E-state index contributed by atoms with van der Waals surface area (Å²) >= 11 is 0. The first-order valence-corrected chi connectivity index (χ1v) is 7.77. The van der Waals surface area contributed by atoms with Crippen molar-refractivity contribution in [3.63, 3.8) is 0 Å². The Morgan fingerprint density at radius 3 is 2.46 bits per heavy atom. The van der Waals surface area contributed by atoms with Gasteiger partial charge in [0.15, 0.2) is 11.1 Å². The lowest BCUT2D eigenvalue weighted by Crippen LogP contribution is -2.30. The first-order chi connectivity index (χ1) is 13.1. The van der Waals surface area contributed by atoms with Crippen LogP contribution < -0.4 is 10.6 Å². The number of aliphatic carboxylic acids is 1. The second-order valence-corrected chi connectivity index (χ2v) is 5.83. The van der Waals surface area contributed by atoms with E-state index in [1.54, 1.807) is 0 Å². The summed E-state index contributed by atoms with van der Waals surface area (Å²) in [6.07, 6.45) is -4.62. The Hall–Kier alpha value is -3.50. The second kappa shape index (κ2) is 6.91. The summed E-state index contributed by atoms with van der Waals surface area (Å²) in [6, 6.07) is 2.66. The van der Waals surface area contributed by atoms with Crippen molar-refractivity contribution < 1.29 is 32.6 Å². The summed E-state index contributed by atoms with van der Waals surface area (Å²) in [7, 11) is 0.